The fourth-order valence-corrected chi connectivity index (χ4v) is 4.50. The largest absolute Gasteiger partial charge is 0.346 e. The van der Waals surface area contributed by atoms with Crippen LogP contribution in [0.1, 0.15) is 18.4 Å². The number of likely N-dealkylation sites (tertiary alicyclic amines) is 2. The Bertz CT molecular complexity index is 515. The lowest BCUT2D eigenvalue weighted by molar-refractivity contribution is -0.260. The van der Waals surface area contributed by atoms with Gasteiger partial charge >= 0.3 is 0 Å². The van der Waals surface area contributed by atoms with Gasteiger partial charge in [-0.3, -0.25) is 4.90 Å². The van der Waals surface area contributed by atoms with E-state index in [1.54, 1.807) is 0 Å². The zero-order valence-electron chi connectivity index (χ0n) is 13.5. The molecule has 0 aromatic heterocycles. The van der Waals surface area contributed by atoms with E-state index >= 15 is 0 Å². The summed E-state index contributed by atoms with van der Waals surface area (Å²) in [6.07, 6.45) is 2.36. The average molecular weight is 302 g/mol. The van der Waals surface area contributed by atoms with Crippen molar-refractivity contribution in [3.8, 4) is 0 Å². The molecule has 0 radical (unpaired) electrons. The SMILES string of the molecule is CN1CCC2(CCN(Cc3ccccc3)C2)C2(C1)OCCO2. The van der Waals surface area contributed by atoms with E-state index in [9.17, 15) is 0 Å². The maximum absolute atomic E-state index is 6.20. The monoisotopic (exact) mass is 302 g/mol. The molecule has 1 unspecified atom stereocenters. The first-order valence-electron chi connectivity index (χ1n) is 8.44. The van der Waals surface area contributed by atoms with Crippen molar-refractivity contribution in [2.45, 2.75) is 25.2 Å². The fraction of sp³-hybridized carbons (Fsp3) is 0.667. The summed E-state index contributed by atoms with van der Waals surface area (Å²) in [5, 5.41) is 0. The molecule has 3 fully saturated rings. The minimum absolute atomic E-state index is 0.171. The zero-order valence-corrected chi connectivity index (χ0v) is 13.5. The van der Waals surface area contributed by atoms with Gasteiger partial charge in [-0.1, -0.05) is 30.3 Å². The summed E-state index contributed by atoms with van der Waals surface area (Å²) in [7, 11) is 2.18. The van der Waals surface area contributed by atoms with Gasteiger partial charge in [-0.05, 0) is 38.5 Å². The quantitative estimate of drug-likeness (QED) is 0.834. The van der Waals surface area contributed by atoms with E-state index < -0.39 is 0 Å². The van der Waals surface area contributed by atoms with Crippen LogP contribution in [0.2, 0.25) is 0 Å². The van der Waals surface area contributed by atoms with E-state index in [1.807, 2.05) is 0 Å². The normalized spacial score (nSPS) is 32.2. The van der Waals surface area contributed by atoms with Gasteiger partial charge in [-0.2, -0.15) is 0 Å². The molecule has 1 aromatic rings. The molecule has 1 aromatic carbocycles. The lowest BCUT2D eigenvalue weighted by atomic mass is 9.72. The van der Waals surface area contributed by atoms with Crippen molar-refractivity contribution >= 4 is 0 Å². The van der Waals surface area contributed by atoms with Crippen LogP contribution >= 0.6 is 0 Å². The summed E-state index contributed by atoms with van der Waals surface area (Å²) in [6.45, 7) is 6.82. The van der Waals surface area contributed by atoms with Gasteiger partial charge in [0.25, 0.3) is 0 Å². The van der Waals surface area contributed by atoms with Crippen LogP contribution in [-0.2, 0) is 16.0 Å². The van der Waals surface area contributed by atoms with Gasteiger partial charge < -0.3 is 14.4 Å². The number of hydrogen-bond donors (Lipinski definition) is 0. The number of piperidine rings is 1. The second-order valence-corrected chi connectivity index (χ2v) is 7.16. The molecule has 0 aliphatic carbocycles. The highest BCUT2D eigenvalue weighted by Gasteiger charge is 2.60. The lowest BCUT2D eigenvalue weighted by Gasteiger charge is -2.50. The van der Waals surface area contributed by atoms with Crippen molar-refractivity contribution in [2.75, 3.05) is 46.4 Å². The molecule has 0 bridgehead atoms. The molecule has 4 heteroatoms. The van der Waals surface area contributed by atoms with Crippen LogP contribution in [-0.4, -0.2) is 62.0 Å². The van der Waals surface area contributed by atoms with E-state index in [1.165, 1.54) is 18.4 Å². The Morgan fingerprint density at radius 1 is 1.00 bits per heavy atom. The molecule has 3 aliphatic heterocycles. The van der Waals surface area contributed by atoms with Crippen LogP contribution in [0.15, 0.2) is 30.3 Å². The van der Waals surface area contributed by atoms with Crippen LogP contribution in [0.3, 0.4) is 0 Å². The van der Waals surface area contributed by atoms with Crippen LogP contribution in [0.5, 0.6) is 0 Å². The summed E-state index contributed by atoms with van der Waals surface area (Å²) in [5.74, 6) is -0.370. The van der Waals surface area contributed by atoms with Crippen LogP contribution in [0.25, 0.3) is 0 Å². The molecule has 120 valence electrons. The molecule has 3 aliphatic rings. The summed E-state index contributed by atoms with van der Waals surface area (Å²) in [4.78, 5) is 4.93. The van der Waals surface area contributed by atoms with Gasteiger partial charge in [-0.15, -0.1) is 0 Å². The van der Waals surface area contributed by atoms with Gasteiger partial charge in [0.05, 0.1) is 19.8 Å². The Kier molecular flexibility index (Phi) is 3.73. The second-order valence-electron chi connectivity index (χ2n) is 7.16. The maximum atomic E-state index is 6.20. The Morgan fingerprint density at radius 2 is 1.73 bits per heavy atom. The smallest absolute Gasteiger partial charge is 0.188 e. The first kappa shape index (κ1) is 14.6. The number of benzene rings is 1. The van der Waals surface area contributed by atoms with Gasteiger partial charge in [0, 0.05) is 18.5 Å². The molecule has 0 N–H and O–H groups in total. The average Bonchev–Trinajstić information content (AvgIpc) is 3.14. The van der Waals surface area contributed by atoms with Crippen LogP contribution < -0.4 is 0 Å². The molecule has 0 amide bonds. The highest BCUT2D eigenvalue weighted by molar-refractivity contribution is 5.15. The van der Waals surface area contributed by atoms with E-state index in [0.29, 0.717) is 0 Å². The van der Waals surface area contributed by atoms with Crippen molar-refractivity contribution in [3.63, 3.8) is 0 Å². The molecule has 3 saturated heterocycles. The number of nitrogens with zero attached hydrogens (tertiary/aromatic N) is 2. The first-order chi connectivity index (χ1) is 10.7. The maximum Gasteiger partial charge on any atom is 0.188 e. The molecular weight excluding hydrogens is 276 g/mol. The highest BCUT2D eigenvalue weighted by Crippen LogP contribution is 2.50. The number of rotatable bonds is 2. The highest BCUT2D eigenvalue weighted by atomic mass is 16.7. The second kappa shape index (κ2) is 5.60. The molecule has 3 heterocycles. The van der Waals surface area contributed by atoms with E-state index in [4.69, 9.17) is 9.47 Å². The lowest BCUT2D eigenvalue weighted by Crippen LogP contribution is -2.61. The van der Waals surface area contributed by atoms with Gasteiger partial charge in [0.15, 0.2) is 5.79 Å². The predicted molar refractivity (Wildman–Crippen MR) is 85.5 cm³/mol. The topological polar surface area (TPSA) is 24.9 Å². The summed E-state index contributed by atoms with van der Waals surface area (Å²) in [5.41, 5.74) is 1.57. The first-order valence-corrected chi connectivity index (χ1v) is 8.44. The van der Waals surface area contributed by atoms with E-state index in [-0.39, 0.29) is 11.2 Å². The van der Waals surface area contributed by atoms with Crippen LogP contribution in [0, 0.1) is 5.41 Å². The van der Waals surface area contributed by atoms with Crippen molar-refractivity contribution in [1.82, 2.24) is 9.80 Å². The molecule has 2 spiro atoms. The Labute approximate surface area is 133 Å². The summed E-state index contributed by atoms with van der Waals surface area (Å²) < 4.78 is 12.4. The number of likely N-dealkylation sites (N-methyl/N-ethyl adjacent to an activating group) is 1. The third kappa shape index (κ3) is 2.38. The molecular formula is C18H26N2O2. The number of hydrogen-bond acceptors (Lipinski definition) is 4. The van der Waals surface area contributed by atoms with Crippen molar-refractivity contribution < 1.29 is 9.47 Å². The Balaban J connectivity index is 1.52. The van der Waals surface area contributed by atoms with Gasteiger partial charge in [-0.25, -0.2) is 0 Å². The van der Waals surface area contributed by atoms with Crippen LogP contribution in [0.4, 0.5) is 0 Å². The zero-order chi connectivity index (χ0) is 15.0. The van der Waals surface area contributed by atoms with Gasteiger partial charge in [0.2, 0.25) is 0 Å². The van der Waals surface area contributed by atoms with Crippen molar-refractivity contribution in [3.05, 3.63) is 35.9 Å². The summed E-state index contributed by atoms with van der Waals surface area (Å²) >= 11 is 0. The third-order valence-corrected chi connectivity index (χ3v) is 5.69. The standard InChI is InChI=1S/C18H26N2O2/c1-19-9-7-17(18(15-19)21-11-12-22-18)8-10-20(14-17)13-16-5-3-2-4-6-16/h2-6H,7-15H2,1H3. The predicted octanol–water partition coefficient (Wildman–Crippen LogP) is 1.96. The van der Waals surface area contributed by atoms with E-state index in [0.717, 1.165) is 45.9 Å². The fourth-order valence-electron chi connectivity index (χ4n) is 4.50. The van der Waals surface area contributed by atoms with Crippen molar-refractivity contribution in [2.24, 2.45) is 5.41 Å². The molecule has 4 rings (SSSR count). The molecule has 1 atom stereocenters. The Morgan fingerprint density at radius 3 is 2.50 bits per heavy atom. The Hall–Kier alpha value is -0.940. The molecule has 0 saturated carbocycles. The summed E-state index contributed by atoms with van der Waals surface area (Å²) in [6, 6.07) is 10.8. The number of ether oxygens (including phenoxy) is 2. The minimum Gasteiger partial charge on any atom is -0.346 e. The molecule has 22 heavy (non-hydrogen) atoms. The molecule has 4 nitrogen and oxygen atoms in total. The third-order valence-electron chi connectivity index (χ3n) is 5.69. The van der Waals surface area contributed by atoms with E-state index in [2.05, 4.69) is 47.2 Å². The van der Waals surface area contributed by atoms with Gasteiger partial charge in [0.1, 0.15) is 0 Å². The van der Waals surface area contributed by atoms with Crippen molar-refractivity contribution in [1.29, 1.82) is 0 Å². The minimum atomic E-state index is -0.370. The number of fused-ring (bicyclic) bond motifs is 1.